The predicted octanol–water partition coefficient (Wildman–Crippen LogP) is 8.52. The Hall–Kier alpha value is -3.80. The first-order valence-electron chi connectivity index (χ1n) is 14.4. The Bertz CT molecular complexity index is 1200. The second-order valence-electron chi connectivity index (χ2n) is 10.1. The summed E-state index contributed by atoms with van der Waals surface area (Å²) in [5.74, 6) is 0.694. The molecule has 0 aromatic heterocycles. The summed E-state index contributed by atoms with van der Waals surface area (Å²) in [6.45, 7) is 7.38. The van der Waals surface area contributed by atoms with Crippen LogP contribution in [0.2, 0.25) is 0 Å². The zero-order chi connectivity index (χ0) is 28.7. The second kappa shape index (κ2) is 16.3. The third-order valence-electron chi connectivity index (χ3n) is 6.87. The van der Waals surface area contributed by atoms with Crippen LogP contribution in [0.3, 0.4) is 0 Å². The van der Waals surface area contributed by atoms with Crippen LogP contribution in [0.5, 0.6) is 17.2 Å². The van der Waals surface area contributed by atoms with Crippen LogP contribution in [0, 0.1) is 5.92 Å². The van der Waals surface area contributed by atoms with E-state index in [4.69, 9.17) is 18.9 Å². The summed E-state index contributed by atoms with van der Waals surface area (Å²) in [6.07, 6.45) is 8.35. The molecule has 0 heterocycles. The average molecular weight is 547 g/mol. The van der Waals surface area contributed by atoms with Gasteiger partial charge in [-0.15, -0.1) is 0 Å². The molecule has 6 heteroatoms. The van der Waals surface area contributed by atoms with Crippen LogP contribution in [-0.4, -0.2) is 32.3 Å². The summed E-state index contributed by atoms with van der Waals surface area (Å²) in [5.41, 5.74) is 2.76. The molecule has 0 saturated carbocycles. The minimum absolute atomic E-state index is 0.228. The number of hydrogen-bond donors (Lipinski definition) is 0. The number of rotatable bonds is 16. The summed E-state index contributed by atoms with van der Waals surface area (Å²) in [7, 11) is 1.46. The zero-order valence-corrected chi connectivity index (χ0v) is 24.2. The van der Waals surface area contributed by atoms with Gasteiger partial charge >= 0.3 is 11.9 Å². The maximum absolute atomic E-state index is 12.8. The molecular weight excluding hydrogens is 504 g/mol. The van der Waals surface area contributed by atoms with Crippen molar-refractivity contribution in [3.8, 4) is 28.4 Å². The molecule has 214 valence electrons. The molecule has 3 aromatic rings. The molecule has 0 fully saturated rings. The van der Waals surface area contributed by atoms with Gasteiger partial charge in [-0.2, -0.15) is 0 Å². The van der Waals surface area contributed by atoms with E-state index in [1.54, 1.807) is 24.3 Å². The van der Waals surface area contributed by atoms with E-state index in [2.05, 4.69) is 6.92 Å². The topological polar surface area (TPSA) is 71.1 Å². The maximum Gasteiger partial charge on any atom is 0.343 e. The van der Waals surface area contributed by atoms with Gasteiger partial charge in [0.05, 0.1) is 31.5 Å². The molecule has 1 unspecified atom stereocenters. The zero-order valence-electron chi connectivity index (χ0n) is 24.2. The van der Waals surface area contributed by atoms with Crippen molar-refractivity contribution in [2.75, 3.05) is 20.3 Å². The molecule has 3 aromatic carbocycles. The fourth-order valence-corrected chi connectivity index (χ4v) is 4.07. The minimum atomic E-state index is -0.518. The highest BCUT2D eigenvalue weighted by Crippen LogP contribution is 2.30. The number of unbranched alkanes of at least 4 members (excludes halogenated alkanes) is 5. The van der Waals surface area contributed by atoms with E-state index in [-0.39, 0.29) is 17.4 Å². The molecule has 6 nitrogen and oxygen atoms in total. The van der Waals surface area contributed by atoms with Crippen LogP contribution < -0.4 is 14.2 Å². The minimum Gasteiger partial charge on any atom is -0.494 e. The Morgan fingerprint density at radius 2 is 1.35 bits per heavy atom. The lowest BCUT2D eigenvalue weighted by molar-refractivity contribution is 0.0446. The number of hydrogen-bond acceptors (Lipinski definition) is 6. The van der Waals surface area contributed by atoms with Gasteiger partial charge in [-0.25, -0.2) is 9.59 Å². The largest absolute Gasteiger partial charge is 0.494 e. The molecule has 0 bridgehead atoms. The number of carbonyl (C=O) groups is 2. The van der Waals surface area contributed by atoms with E-state index in [0.717, 1.165) is 36.3 Å². The van der Waals surface area contributed by atoms with E-state index >= 15 is 0 Å². The third-order valence-corrected chi connectivity index (χ3v) is 6.87. The number of ether oxygens (including phenoxy) is 4. The van der Waals surface area contributed by atoms with Crippen molar-refractivity contribution < 1.29 is 28.5 Å². The number of esters is 2. The van der Waals surface area contributed by atoms with E-state index in [0.29, 0.717) is 17.7 Å². The normalized spacial score (nSPS) is 11.5. The molecular formula is C34H42O6. The summed E-state index contributed by atoms with van der Waals surface area (Å²) in [6, 6.07) is 19.8. The predicted molar refractivity (Wildman–Crippen MR) is 158 cm³/mol. The van der Waals surface area contributed by atoms with Gasteiger partial charge in [0, 0.05) is 0 Å². The lowest BCUT2D eigenvalue weighted by Gasteiger charge is -2.12. The van der Waals surface area contributed by atoms with Gasteiger partial charge in [-0.05, 0) is 65.9 Å². The molecule has 3 rings (SSSR count). The van der Waals surface area contributed by atoms with Crippen LogP contribution in [0.4, 0.5) is 0 Å². The lowest BCUT2D eigenvalue weighted by atomic mass is 10.0. The summed E-state index contributed by atoms with van der Waals surface area (Å²) < 4.78 is 22.2. The van der Waals surface area contributed by atoms with Crippen molar-refractivity contribution in [2.24, 2.45) is 5.92 Å². The van der Waals surface area contributed by atoms with Crippen molar-refractivity contribution in [2.45, 2.75) is 65.7 Å². The second-order valence-corrected chi connectivity index (χ2v) is 10.1. The highest BCUT2D eigenvalue weighted by atomic mass is 16.6. The number of benzene rings is 3. The van der Waals surface area contributed by atoms with Gasteiger partial charge in [0.15, 0.2) is 11.5 Å². The summed E-state index contributed by atoms with van der Waals surface area (Å²) in [4.78, 5) is 25.2. The first-order valence-corrected chi connectivity index (χ1v) is 14.4. The first kappa shape index (κ1) is 30.7. The molecule has 0 radical (unpaired) electrons. The van der Waals surface area contributed by atoms with Crippen molar-refractivity contribution in [1.29, 1.82) is 0 Å². The summed E-state index contributed by atoms with van der Waals surface area (Å²) >= 11 is 0. The van der Waals surface area contributed by atoms with Crippen molar-refractivity contribution in [1.82, 2.24) is 0 Å². The van der Waals surface area contributed by atoms with Crippen molar-refractivity contribution in [3.05, 3.63) is 77.9 Å². The van der Waals surface area contributed by atoms with Gasteiger partial charge in [0.1, 0.15) is 5.75 Å². The number of carbonyl (C=O) groups excluding carboxylic acids is 2. The number of methoxy groups -OCH3 is 1. The third kappa shape index (κ3) is 9.44. The average Bonchev–Trinajstić information content (AvgIpc) is 2.99. The van der Waals surface area contributed by atoms with Crippen molar-refractivity contribution >= 4 is 11.9 Å². The SMILES string of the molecule is CCCCCCCCOc1ccc(-c2ccc(C(=O)Oc3ccc(C(=O)OCC(C)CC)cc3OC)cc2)cc1. The van der Waals surface area contributed by atoms with Gasteiger partial charge in [0.25, 0.3) is 0 Å². The van der Waals surface area contributed by atoms with Gasteiger partial charge < -0.3 is 18.9 Å². The molecule has 0 amide bonds. The van der Waals surface area contributed by atoms with Crippen LogP contribution in [0.1, 0.15) is 86.4 Å². The van der Waals surface area contributed by atoms with Crippen LogP contribution >= 0.6 is 0 Å². The maximum atomic E-state index is 12.8. The first-order chi connectivity index (χ1) is 19.4. The smallest absolute Gasteiger partial charge is 0.343 e. The standard InChI is InChI=1S/C34H42O6/c1-5-7-8-9-10-11-22-38-30-19-16-27(17-20-30)26-12-14-28(15-13-26)34(36)40-31-21-18-29(23-32(31)37-4)33(35)39-24-25(3)6-2/h12-21,23,25H,5-11,22,24H2,1-4H3. The van der Waals surface area contributed by atoms with Gasteiger partial charge in [0.2, 0.25) is 0 Å². The monoisotopic (exact) mass is 546 g/mol. The van der Waals surface area contributed by atoms with E-state index in [1.165, 1.54) is 45.3 Å². The molecule has 1 atom stereocenters. The van der Waals surface area contributed by atoms with Crippen molar-refractivity contribution in [3.63, 3.8) is 0 Å². The fraction of sp³-hybridized carbons (Fsp3) is 0.412. The molecule has 0 aliphatic rings. The van der Waals surface area contributed by atoms with Crippen LogP contribution in [0.25, 0.3) is 11.1 Å². The fourth-order valence-electron chi connectivity index (χ4n) is 4.07. The highest BCUT2D eigenvalue weighted by molar-refractivity contribution is 5.93. The van der Waals surface area contributed by atoms with E-state index in [1.807, 2.05) is 50.2 Å². The highest BCUT2D eigenvalue weighted by Gasteiger charge is 2.17. The van der Waals surface area contributed by atoms with E-state index < -0.39 is 11.9 Å². The van der Waals surface area contributed by atoms with Crippen LogP contribution in [-0.2, 0) is 4.74 Å². The Morgan fingerprint density at radius 1 is 0.725 bits per heavy atom. The van der Waals surface area contributed by atoms with Gasteiger partial charge in [-0.3, -0.25) is 0 Å². The Morgan fingerprint density at radius 3 is 2.00 bits per heavy atom. The Kier molecular flexibility index (Phi) is 12.6. The van der Waals surface area contributed by atoms with Gasteiger partial charge in [-0.1, -0.05) is 83.6 Å². The Labute approximate surface area is 238 Å². The molecule has 0 aliphatic carbocycles. The lowest BCUT2D eigenvalue weighted by Crippen LogP contribution is -2.12. The van der Waals surface area contributed by atoms with Crippen LogP contribution in [0.15, 0.2) is 66.7 Å². The molecule has 0 saturated heterocycles. The molecule has 0 spiro atoms. The molecule has 40 heavy (non-hydrogen) atoms. The summed E-state index contributed by atoms with van der Waals surface area (Å²) in [5, 5.41) is 0. The quantitative estimate of drug-likeness (QED) is 0.102. The molecule has 0 aliphatic heterocycles. The molecule has 0 N–H and O–H groups in total. The Balaban J connectivity index is 1.54. The van der Waals surface area contributed by atoms with E-state index in [9.17, 15) is 9.59 Å².